The molecule has 0 atom stereocenters. The summed E-state index contributed by atoms with van der Waals surface area (Å²) in [7, 11) is -2.62. The molecule has 1 heterocycles. The molecule has 0 amide bonds. The van der Waals surface area contributed by atoms with Crippen molar-refractivity contribution in [3.63, 3.8) is 0 Å². The average Bonchev–Trinajstić information content (AvgIpc) is 2.11. The third-order valence-electron chi connectivity index (χ3n) is 0.425. The van der Waals surface area contributed by atoms with Gasteiger partial charge in [-0.25, -0.2) is 13.6 Å². The zero-order valence-electron chi connectivity index (χ0n) is 4.56. The topological polar surface area (TPSA) is 60.2 Å². The SMILES string of the molecule is N[SH](=O)=O.c1ccsc1. The molecule has 2 N–H and O–H groups in total. The molecule has 0 saturated carbocycles. The van der Waals surface area contributed by atoms with E-state index in [9.17, 15) is 0 Å². The van der Waals surface area contributed by atoms with E-state index in [1.54, 1.807) is 11.3 Å². The Labute approximate surface area is 59.2 Å². The lowest BCUT2D eigenvalue weighted by Crippen LogP contribution is -1.85. The Morgan fingerprint density at radius 1 is 1.22 bits per heavy atom. The first-order valence-corrected chi connectivity index (χ1v) is 4.28. The zero-order valence-corrected chi connectivity index (χ0v) is 6.27. The van der Waals surface area contributed by atoms with Crippen molar-refractivity contribution in [3.8, 4) is 0 Å². The second-order valence-corrected chi connectivity index (χ2v) is 2.47. The molecule has 0 radical (unpaired) electrons. The number of nitrogens with two attached hydrogens (primary N) is 1. The molecule has 3 nitrogen and oxygen atoms in total. The molecule has 0 spiro atoms. The Bertz CT molecular complexity index is 167. The molecule has 1 aromatic rings. The third-order valence-corrected chi connectivity index (χ3v) is 1.05. The summed E-state index contributed by atoms with van der Waals surface area (Å²) in [4.78, 5) is 0. The average molecular weight is 165 g/mol. The van der Waals surface area contributed by atoms with Crippen molar-refractivity contribution in [1.82, 2.24) is 0 Å². The molecule has 0 aromatic carbocycles. The Morgan fingerprint density at radius 2 is 1.56 bits per heavy atom. The zero-order chi connectivity index (χ0) is 7.11. The largest absolute Gasteiger partial charge is 0.231 e. The third kappa shape index (κ3) is 11.3. The molecule has 1 aromatic heterocycles. The van der Waals surface area contributed by atoms with E-state index < -0.39 is 10.9 Å². The molecular weight excluding hydrogens is 158 g/mol. The van der Waals surface area contributed by atoms with Crippen LogP contribution < -0.4 is 5.14 Å². The van der Waals surface area contributed by atoms with Crippen LogP contribution in [0.3, 0.4) is 0 Å². The molecule has 0 unspecified atom stereocenters. The van der Waals surface area contributed by atoms with Crippen molar-refractivity contribution < 1.29 is 8.42 Å². The van der Waals surface area contributed by atoms with Gasteiger partial charge in [-0.2, -0.15) is 11.3 Å². The van der Waals surface area contributed by atoms with Crippen LogP contribution in [0, 0.1) is 0 Å². The molecule has 9 heavy (non-hydrogen) atoms. The van der Waals surface area contributed by atoms with Gasteiger partial charge in [0, 0.05) is 0 Å². The fourth-order valence-corrected chi connectivity index (χ4v) is 0.680. The number of rotatable bonds is 0. The van der Waals surface area contributed by atoms with Crippen molar-refractivity contribution in [2.45, 2.75) is 0 Å². The van der Waals surface area contributed by atoms with E-state index in [1.807, 2.05) is 22.9 Å². The first-order valence-electron chi connectivity index (χ1n) is 2.09. The van der Waals surface area contributed by atoms with Crippen LogP contribution >= 0.6 is 11.3 Å². The second-order valence-electron chi connectivity index (χ2n) is 1.08. The van der Waals surface area contributed by atoms with Gasteiger partial charge >= 0.3 is 0 Å². The summed E-state index contributed by atoms with van der Waals surface area (Å²) in [5.41, 5.74) is 0. The lowest BCUT2D eigenvalue weighted by molar-refractivity contribution is 0.616. The van der Waals surface area contributed by atoms with E-state index in [-0.39, 0.29) is 0 Å². The van der Waals surface area contributed by atoms with E-state index in [1.165, 1.54) is 0 Å². The van der Waals surface area contributed by atoms with Crippen LogP contribution in [0.2, 0.25) is 0 Å². The van der Waals surface area contributed by atoms with Gasteiger partial charge in [-0.3, -0.25) is 0 Å². The highest BCUT2D eigenvalue weighted by molar-refractivity contribution is 7.69. The van der Waals surface area contributed by atoms with E-state index in [2.05, 4.69) is 5.14 Å². The minimum atomic E-state index is -2.62. The van der Waals surface area contributed by atoms with Gasteiger partial charge in [0.2, 0.25) is 0 Å². The minimum absolute atomic E-state index is 1.71. The highest BCUT2D eigenvalue weighted by Gasteiger charge is 1.58. The molecule has 0 bridgehead atoms. The number of thiophene rings is 1. The van der Waals surface area contributed by atoms with Crippen LogP contribution in [0.4, 0.5) is 0 Å². The second kappa shape index (κ2) is 5.74. The molecule has 0 aliphatic heterocycles. The Kier molecular flexibility index (Phi) is 5.49. The Morgan fingerprint density at radius 3 is 1.67 bits per heavy atom. The van der Waals surface area contributed by atoms with Crippen molar-refractivity contribution in [2.24, 2.45) is 5.14 Å². The van der Waals surface area contributed by atoms with E-state index in [0.717, 1.165) is 0 Å². The molecular formula is C4H7NO2S2. The summed E-state index contributed by atoms with van der Waals surface area (Å²) in [5.74, 6) is 0. The maximum absolute atomic E-state index is 8.81. The molecule has 1 rings (SSSR count). The van der Waals surface area contributed by atoms with Crippen molar-refractivity contribution in [3.05, 3.63) is 22.9 Å². The van der Waals surface area contributed by atoms with Gasteiger partial charge in [0.05, 0.1) is 0 Å². The number of hydrogen-bond donors (Lipinski definition) is 2. The predicted octanol–water partition coefficient (Wildman–Crippen LogP) is 0.220. The normalized spacial score (nSPS) is 8.22. The lowest BCUT2D eigenvalue weighted by atomic mass is 10.7. The van der Waals surface area contributed by atoms with E-state index >= 15 is 0 Å². The molecule has 0 saturated heterocycles. The van der Waals surface area contributed by atoms with Gasteiger partial charge in [-0.1, -0.05) is 12.1 Å². The fraction of sp³-hybridized carbons (Fsp3) is 0. The first-order chi connectivity index (χ1) is 4.23. The van der Waals surface area contributed by atoms with Crippen LogP contribution in [0.15, 0.2) is 22.9 Å². The molecule has 52 valence electrons. The molecule has 5 heteroatoms. The van der Waals surface area contributed by atoms with Gasteiger partial charge in [0.1, 0.15) is 0 Å². The first kappa shape index (κ1) is 8.61. The van der Waals surface area contributed by atoms with E-state index in [4.69, 9.17) is 8.42 Å². The predicted molar refractivity (Wildman–Crippen MR) is 38.8 cm³/mol. The van der Waals surface area contributed by atoms with Crippen LogP contribution in [-0.4, -0.2) is 8.42 Å². The highest BCUT2D eigenvalue weighted by atomic mass is 32.2. The highest BCUT2D eigenvalue weighted by Crippen LogP contribution is 1.91. The van der Waals surface area contributed by atoms with Gasteiger partial charge < -0.3 is 0 Å². The molecule has 0 aliphatic carbocycles. The van der Waals surface area contributed by atoms with Gasteiger partial charge in [0.25, 0.3) is 0 Å². The van der Waals surface area contributed by atoms with Crippen LogP contribution in [0.5, 0.6) is 0 Å². The smallest absolute Gasteiger partial charge is 0.198 e. The van der Waals surface area contributed by atoms with Crippen LogP contribution in [-0.2, 0) is 10.9 Å². The summed E-state index contributed by atoms with van der Waals surface area (Å²) in [6.07, 6.45) is 0. The maximum Gasteiger partial charge on any atom is 0.198 e. The quantitative estimate of drug-likeness (QED) is 0.540. The van der Waals surface area contributed by atoms with Crippen molar-refractivity contribution in [2.75, 3.05) is 0 Å². The summed E-state index contributed by atoms with van der Waals surface area (Å²) >= 11 is 1.71. The van der Waals surface area contributed by atoms with Crippen molar-refractivity contribution in [1.29, 1.82) is 0 Å². The summed E-state index contributed by atoms with van der Waals surface area (Å²) in [6.45, 7) is 0. The fourth-order valence-electron chi connectivity index (χ4n) is 0.227. The van der Waals surface area contributed by atoms with Crippen LogP contribution in [0.25, 0.3) is 0 Å². The van der Waals surface area contributed by atoms with Crippen molar-refractivity contribution >= 4 is 22.2 Å². The number of hydrogen-bond acceptors (Lipinski definition) is 3. The van der Waals surface area contributed by atoms with Gasteiger partial charge in [-0.15, -0.1) is 0 Å². The Balaban J connectivity index is 0.000000148. The summed E-state index contributed by atoms with van der Waals surface area (Å²) in [6, 6.07) is 4.04. The summed E-state index contributed by atoms with van der Waals surface area (Å²) in [5, 5.41) is 8.15. The standard InChI is InChI=1S/C4H4S.H3NO2S/c1-2-4-5-3-1;1-4(2)3/h1-4H;4H,(H2,1,2,3). The van der Waals surface area contributed by atoms with Crippen LogP contribution in [0.1, 0.15) is 0 Å². The lowest BCUT2D eigenvalue weighted by Gasteiger charge is -1.44. The Hall–Kier alpha value is -0.390. The summed E-state index contributed by atoms with van der Waals surface area (Å²) < 4.78 is 17.6. The minimum Gasteiger partial charge on any atom is -0.231 e. The monoisotopic (exact) mass is 165 g/mol. The maximum atomic E-state index is 8.81. The van der Waals surface area contributed by atoms with E-state index in [0.29, 0.717) is 0 Å². The van der Waals surface area contributed by atoms with Gasteiger partial charge in [-0.05, 0) is 10.8 Å². The molecule has 0 aliphatic rings. The van der Waals surface area contributed by atoms with Gasteiger partial charge in [0.15, 0.2) is 10.9 Å². The number of thiol groups is 1. The molecule has 0 fully saturated rings.